The van der Waals surface area contributed by atoms with E-state index in [1.165, 1.54) is 0 Å². The molecule has 11 heteroatoms. The van der Waals surface area contributed by atoms with Crippen LogP contribution in [0.5, 0.6) is 0 Å². The van der Waals surface area contributed by atoms with Crippen LogP contribution in [-0.4, -0.2) is 46.4 Å². The van der Waals surface area contributed by atoms with E-state index in [0.717, 1.165) is 41.8 Å². The van der Waals surface area contributed by atoms with Gasteiger partial charge in [0.15, 0.2) is 11.4 Å². The molecule has 5 N–H and O–H groups in total. The summed E-state index contributed by atoms with van der Waals surface area (Å²) < 4.78 is 37.7. The third kappa shape index (κ3) is 3.87. The Kier molecular flexibility index (Phi) is 4.79. The highest BCUT2D eigenvalue weighted by Gasteiger charge is 2.38. The van der Waals surface area contributed by atoms with Crippen LogP contribution in [0.2, 0.25) is 0 Å². The highest BCUT2D eigenvalue weighted by Crippen LogP contribution is 2.34. The minimum absolute atomic E-state index is 0.172. The molecule has 4 rings (SSSR count). The van der Waals surface area contributed by atoms with Gasteiger partial charge in [-0.15, -0.1) is 0 Å². The summed E-state index contributed by atoms with van der Waals surface area (Å²) in [7, 11) is 0. The van der Waals surface area contributed by atoms with Gasteiger partial charge in [0.2, 0.25) is 5.95 Å². The van der Waals surface area contributed by atoms with Crippen molar-refractivity contribution in [3.05, 3.63) is 24.3 Å². The minimum Gasteiger partial charge on any atom is -0.475 e. The molecule has 0 saturated carbocycles. The Balaban J connectivity index is 0.000000260. The molecule has 0 spiro atoms. The largest absolute Gasteiger partial charge is 0.490 e. The van der Waals surface area contributed by atoms with Crippen molar-refractivity contribution >= 4 is 39.8 Å². The number of benzene rings is 1. The van der Waals surface area contributed by atoms with Crippen molar-refractivity contribution < 1.29 is 27.5 Å². The van der Waals surface area contributed by atoms with Crippen molar-refractivity contribution in [2.75, 3.05) is 23.7 Å². The maximum atomic E-state index is 10.6. The second-order valence-electron chi connectivity index (χ2n) is 5.98. The number of carboxylic acids is 1. The summed E-state index contributed by atoms with van der Waals surface area (Å²) in [5, 5.41) is 8.08. The van der Waals surface area contributed by atoms with Gasteiger partial charge in [-0.2, -0.15) is 18.2 Å². The predicted octanol–water partition coefficient (Wildman–Crippen LogP) is 2.13. The second-order valence-corrected chi connectivity index (χ2v) is 5.98. The summed E-state index contributed by atoms with van der Waals surface area (Å²) >= 11 is 0. The number of hydrogen-bond acceptors (Lipinski definition) is 7. The van der Waals surface area contributed by atoms with Crippen LogP contribution in [0.1, 0.15) is 6.42 Å². The molecule has 3 aromatic rings. The fourth-order valence-corrected chi connectivity index (χ4v) is 2.79. The summed E-state index contributed by atoms with van der Waals surface area (Å²) in [6.07, 6.45) is -4.13. The number of nitrogens with two attached hydrogens (primary N) is 2. The van der Waals surface area contributed by atoms with Gasteiger partial charge in [0.25, 0.3) is 0 Å². The van der Waals surface area contributed by atoms with Gasteiger partial charge in [-0.05, 0) is 18.6 Å². The number of rotatable bonds is 1. The van der Waals surface area contributed by atoms with Crippen LogP contribution < -0.4 is 16.4 Å². The summed E-state index contributed by atoms with van der Waals surface area (Å²) in [6, 6.07) is 7.97. The maximum absolute atomic E-state index is 10.6. The molecule has 0 aliphatic carbocycles. The van der Waals surface area contributed by atoms with Crippen LogP contribution in [-0.2, 0) is 4.79 Å². The van der Waals surface area contributed by atoms with E-state index in [0.29, 0.717) is 5.58 Å². The fourth-order valence-electron chi connectivity index (χ4n) is 2.79. The molecule has 0 amide bonds. The molecule has 0 bridgehead atoms. The minimum atomic E-state index is -5.08. The molecular weight excluding hydrogens is 367 g/mol. The topological polar surface area (TPSA) is 132 Å². The van der Waals surface area contributed by atoms with Gasteiger partial charge in [-0.25, -0.2) is 9.78 Å². The van der Waals surface area contributed by atoms with Crippen LogP contribution >= 0.6 is 0 Å². The van der Waals surface area contributed by atoms with Crippen LogP contribution in [0.3, 0.4) is 0 Å². The molecule has 3 heterocycles. The van der Waals surface area contributed by atoms with E-state index in [1.54, 1.807) is 0 Å². The zero-order valence-corrected chi connectivity index (χ0v) is 13.9. The number of aliphatic carboxylic acids is 1. The Hall–Kier alpha value is -3.08. The Morgan fingerprint density at radius 3 is 2.56 bits per heavy atom. The number of para-hydroxylation sites is 1. The lowest BCUT2D eigenvalue weighted by Gasteiger charge is -2.16. The monoisotopic (exact) mass is 383 g/mol. The van der Waals surface area contributed by atoms with Gasteiger partial charge in [0.1, 0.15) is 11.1 Å². The van der Waals surface area contributed by atoms with Crippen molar-refractivity contribution in [1.82, 2.24) is 9.97 Å². The number of furan rings is 1. The number of fused-ring (bicyclic) bond motifs is 3. The van der Waals surface area contributed by atoms with E-state index >= 15 is 0 Å². The normalized spacial score (nSPS) is 17.2. The highest BCUT2D eigenvalue weighted by molar-refractivity contribution is 6.06. The van der Waals surface area contributed by atoms with Crippen LogP contribution in [0.25, 0.3) is 22.1 Å². The Morgan fingerprint density at radius 1 is 1.30 bits per heavy atom. The summed E-state index contributed by atoms with van der Waals surface area (Å²) in [4.78, 5) is 19.7. The first kappa shape index (κ1) is 18.7. The van der Waals surface area contributed by atoms with Crippen molar-refractivity contribution in [1.29, 1.82) is 0 Å². The van der Waals surface area contributed by atoms with Crippen molar-refractivity contribution in [3.63, 3.8) is 0 Å². The average Bonchev–Trinajstić information content (AvgIpc) is 3.18. The quantitative estimate of drug-likeness (QED) is 0.582. The Bertz CT molecular complexity index is 988. The first-order chi connectivity index (χ1) is 12.7. The number of halogens is 3. The molecule has 0 radical (unpaired) electrons. The first-order valence-electron chi connectivity index (χ1n) is 7.92. The van der Waals surface area contributed by atoms with Gasteiger partial charge in [0, 0.05) is 24.5 Å². The van der Waals surface area contributed by atoms with Crippen LogP contribution in [0.15, 0.2) is 28.7 Å². The van der Waals surface area contributed by atoms with Crippen molar-refractivity contribution in [2.24, 2.45) is 5.73 Å². The molecule has 1 unspecified atom stereocenters. The molecule has 8 nitrogen and oxygen atoms in total. The molecule has 27 heavy (non-hydrogen) atoms. The average molecular weight is 383 g/mol. The van der Waals surface area contributed by atoms with Crippen molar-refractivity contribution in [3.8, 4) is 0 Å². The van der Waals surface area contributed by atoms with E-state index < -0.39 is 12.1 Å². The van der Waals surface area contributed by atoms with E-state index in [1.807, 2.05) is 24.3 Å². The summed E-state index contributed by atoms with van der Waals surface area (Å²) in [5.41, 5.74) is 14.1. The Labute approximate surface area is 150 Å². The SMILES string of the molecule is Nc1nc(N2CCC(N)C2)c2oc3ccccc3c2n1.O=C(O)C(F)(F)F. The lowest BCUT2D eigenvalue weighted by atomic mass is 10.2. The molecule has 2 aromatic heterocycles. The zero-order chi connectivity index (χ0) is 19.8. The van der Waals surface area contributed by atoms with Crippen LogP contribution in [0, 0.1) is 0 Å². The van der Waals surface area contributed by atoms with Gasteiger partial charge >= 0.3 is 12.1 Å². The molecule has 1 aromatic carbocycles. The number of nitrogen functional groups attached to an aromatic ring is 1. The molecule has 144 valence electrons. The lowest BCUT2D eigenvalue weighted by molar-refractivity contribution is -0.192. The van der Waals surface area contributed by atoms with Gasteiger partial charge in [0.05, 0.1) is 0 Å². The molecule has 1 atom stereocenters. The number of carbonyl (C=O) groups is 1. The Morgan fingerprint density at radius 2 is 1.96 bits per heavy atom. The van der Waals surface area contributed by atoms with Gasteiger partial charge < -0.3 is 25.9 Å². The summed E-state index contributed by atoms with van der Waals surface area (Å²) in [6.45, 7) is 1.63. The van der Waals surface area contributed by atoms with E-state index in [-0.39, 0.29) is 12.0 Å². The molecule has 1 aliphatic heterocycles. The highest BCUT2D eigenvalue weighted by atomic mass is 19.4. The standard InChI is InChI=1S/C14H15N5O.C2HF3O2/c15-8-5-6-19(7-8)13-12-11(17-14(16)18-13)9-3-1-2-4-10(9)20-12;3-2(4,5)1(6)7/h1-4,8H,5-7,15H2,(H2,16,17,18);(H,6,7). The number of hydrogen-bond donors (Lipinski definition) is 3. The molecule has 1 saturated heterocycles. The molecule has 1 aliphatic rings. The lowest BCUT2D eigenvalue weighted by Crippen LogP contribution is -2.27. The van der Waals surface area contributed by atoms with Gasteiger partial charge in [-0.1, -0.05) is 12.1 Å². The first-order valence-corrected chi connectivity index (χ1v) is 7.92. The van der Waals surface area contributed by atoms with E-state index in [2.05, 4.69) is 14.9 Å². The molecule has 1 fully saturated rings. The number of anilines is 2. The summed E-state index contributed by atoms with van der Waals surface area (Å²) in [5.74, 6) is -1.75. The third-order valence-corrected chi connectivity index (χ3v) is 3.99. The van der Waals surface area contributed by atoms with Crippen molar-refractivity contribution in [2.45, 2.75) is 18.6 Å². The third-order valence-electron chi connectivity index (χ3n) is 3.99. The number of nitrogens with zero attached hydrogens (tertiary/aromatic N) is 3. The maximum Gasteiger partial charge on any atom is 0.490 e. The van der Waals surface area contributed by atoms with E-state index in [4.69, 9.17) is 25.8 Å². The van der Waals surface area contributed by atoms with Crippen LogP contribution in [0.4, 0.5) is 24.9 Å². The number of alkyl halides is 3. The van der Waals surface area contributed by atoms with E-state index in [9.17, 15) is 13.2 Å². The number of carboxylic acid groups (broad SMARTS) is 1. The fraction of sp³-hybridized carbons (Fsp3) is 0.312. The van der Waals surface area contributed by atoms with Gasteiger partial charge in [-0.3, -0.25) is 0 Å². The smallest absolute Gasteiger partial charge is 0.475 e. The zero-order valence-electron chi connectivity index (χ0n) is 13.9. The number of aromatic nitrogens is 2. The molecular formula is C16H16F3N5O3. The predicted molar refractivity (Wildman–Crippen MR) is 92.2 cm³/mol. The second kappa shape index (κ2) is 6.91.